The summed E-state index contributed by atoms with van der Waals surface area (Å²) in [5.41, 5.74) is 1.69. The molecule has 0 spiro atoms. The molecule has 1 rings (SSSR count). The summed E-state index contributed by atoms with van der Waals surface area (Å²) in [7, 11) is 3.47. The number of likely N-dealkylation sites (N-methyl/N-ethyl adjacent to an activating group) is 1. The lowest BCUT2D eigenvalue weighted by atomic mass is 10.1. The number of anilines is 1. The Hall–Kier alpha value is -1.36. The van der Waals surface area contributed by atoms with Gasteiger partial charge in [0, 0.05) is 31.5 Å². The Bertz CT molecular complexity index is 416. The average molecular weight is 313 g/mol. The summed E-state index contributed by atoms with van der Waals surface area (Å²) in [4.78, 5) is 24.4. The molecule has 0 heterocycles. The van der Waals surface area contributed by atoms with Crippen molar-refractivity contribution in [1.29, 1.82) is 0 Å². The summed E-state index contributed by atoms with van der Waals surface area (Å²) in [6.07, 6.45) is 0.823. The Morgan fingerprint density at radius 1 is 1.22 bits per heavy atom. The molecule has 0 saturated heterocycles. The predicted molar refractivity (Wildman–Crippen MR) is 75.9 cm³/mol. The van der Waals surface area contributed by atoms with Gasteiger partial charge in [-0.25, -0.2) is 0 Å². The molecular formula is C13H17BrN2O2. The number of hydrogen-bond donors (Lipinski definition) is 1. The first-order valence-electron chi connectivity index (χ1n) is 5.68. The van der Waals surface area contributed by atoms with Gasteiger partial charge in [0.2, 0.25) is 11.8 Å². The zero-order valence-corrected chi connectivity index (χ0v) is 12.2. The number of nitrogens with one attached hydrogen (secondary N) is 1. The number of halogens is 1. The Kier molecular flexibility index (Phi) is 5.85. The van der Waals surface area contributed by atoms with Crippen LogP contribution in [-0.2, 0) is 16.0 Å². The summed E-state index contributed by atoms with van der Waals surface area (Å²) in [6.45, 7) is 0. The van der Waals surface area contributed by atoms with E-state index in [-0.39, 0.29) is 11.8 Å². The molecule has 1 N–H and O–H groups in total. The van der Waals surface area contributed by atoms with Crippen LogP contribution >= 0.6 is 15.9 Å². The summed E-state index contributed by atoms with van der Waals surface area (Å²) < 4.78 is 0. The topological polar surface area (TPSA) is 49.4 Å². The molecule has 0 unspecified atom stereocenters. The number of nitrogens with zero attached hydrogens (tertiary/aromatic N) is 1. The van der Waals surface area contributed by atoms with Crippen molar-refractivity contribution >= 4 is 33.4 Å². The Balaban J connectivity index is 2.57. The largest absolute Gasteiger partial charge is 0.349 e. The van der Waals surface area contributed by atoms with Crippen LogP contribution in [-0.4, -0.2) is 36.1 Å². The van der Waals surface area contributed by atoms with Crippen LogP contribution in [0.3, 0.4) is 0 Å². The van der Waals surface area contributed by atoms with E-state index in [1.54, 1.807) is 19.0 Å². The molecule has 0 atom stereocenters. The normalized spacial score (nSPS) is 9.94. The lowest BCUT2D eigenvalue weighted by molar-refractivity contribution is -0.128. The van der Waals surface area contributed by atoms with Crippen molar-refractivity contribution in [2.45, 2.75) is 12.8 Å². The summed E-state index contributed by atoms with van der Waals surface area (Å²) >= 11 is 3.21. The van der Waals surface area contributed by atoms with Crippen LogP contribution in [0.4, 0.5) is 5.69 Å². The standard InChI is InChI=1S/C13H17BrN2O2/c1-16(2)13(18)9-10-3-5-11(6-4-10)15-12(17)7-8-14/h3-6H,7-9H2,1-2H3,(H,15,17). The van der Waals surface area contributed by atoms with Gasteiger partial charge in [-0.3, -0.25) is 9.59 Å². The molecule has 0 fully saturated rings. The second-order valence-corrected chi connectivity index (χ2v) is 4.94. The van der Waals surface area contributed by atoms with Crippen LogP contribution < -0.4 is 5.32 Å². The van der Waals surface area contributed by atoms with E-state index in [1.807, 2.05) is 24.3 Å². The molecule has 4 nitrogen and oxygen atoms in total. The molecule has 5 heteroatoms. The van der Waals surface area contributed by atoms with E-state index in [1.165, 1.54) is 0 Å². The molecule has 0 aliphatic heterocycles. The van der Waals surface area contributed by atoms with Crippen LogP contribution in [0, 0.1) is 0 Å². The van der Waals surface area contributed by atoms with Gasteiger partial charge in [-0.1, -0.05) is 28.1 Å². The molecule has 0 bridgehead atoms. The zero-order chi connectivity index (χ0) is 13.5. The lowest BCUT2D eigenvalue weighted by Crippen LogP contribution is -2.23. The van der Waals surface area contributed by atoms with Gasteiger partial charge in [-0.15, -0.1) is 0 Å². The molecule has 98 valence electrons. The molecule has 0 saturated carbocycles. The van der Waals surface area contributed by atoms with Gasteiger partial charge < -0.3 is 10.2 Å². The minimum absolute atomic E-state index is 0.0241. The number of carbonyl (C=O) groups excluding carboxylic acids is 2. The lowest BCUT2D eigenvalue weighted by Gasteiger charge is -2.10. The van der Waals surface area contributed by atoms with Crippen LogP contribution in [0.25, 0.3) is 0 Å². The maximum absolute atomic E-state index is 11.5. The van der Waals surface area contributed by atoms with Gasteiger partial charge in [0.05, 0.1) is 6.42 Å². The van der Waals surface area contributed by atoms with Gasteiger partial charge >= 0.3 is 0 Å². The highest BCUT2D eigenvalue weighted by atomic mass is 79.9. The summed E-state index contributed by atoms with van der Waals surface area (Å²) in [6, 6.07) is 7.32. The predicted octanol–water partition coefficient (Wildman–Crippen LogP) is 2.04. The van der Waals surface area contributed by atoms with Crippen molar-refractivity contribution < 1.29 is 9.59 Å². The van der Waals surface area contributed by atoms with Crippen molar-refractivity contribution in [1.82, 2.24) is 4.90 Å². The Morgan fingerprint density at radius 2 is 1.83 bits per heavy atom. The van der Waals surface area contributed by atoms with Crippen molar-refractivity contribution in [2.24, 2.45) is 0 Å². The first-order chi connectivity index (χ1) is 8.52. The summed E-state index contributed by atoms with van der Waals surface area (Å²) in [5, 5.41) is 3.43. The highest BCUT2D eigenvalue weighted by molar-refractivity contribution is 9.09. The minimum Gasteiger partial charge on any atom is -0.349 e. The smallest absolute Gasteiger partial charge is 0.226 e. The molecular weight excluding hydrogens is 296 g/mol. The molecule has 1 aromatic rings. The number of carbonyl (C=O) groups is 2. The van der Waals surface area contributed by atoms with Crippen molar-refractivity contribution in [3.8, 4) is 0 Å². The van der Waals surface area contributed by atoms with Gasteiger partial charge in [0.15, 0.2) is 0 Å². The third-order valence-corrected chi connectivity index (χ3v) is 2.81. The van der Waals surface area contributed by atoms with Crippen molar-refractivity contribution in [2.75, 3.05) is 24.7 Å². The van der Waals surface area contributed by atoms with Crippen LogP contribution in [0.2, 0.25) is 0 Å². The quantitative estimate of drug-likeness (QED) is 0.846. The summed E-state index contributed by atoms with van der Waals surface area (Å²) in [5.74, 6) is 0.0371. The SMILES string of the molecule is CN(C)C(=O)Cc1ccc(NC(=O)CCBr)cc1. The van der Waals surface area contributed by atoms with E-state index < -0.39 is 0 Å². The first-order valence-corrected chi connectivity index (χ1v) is 6.80. The van der Waals surface area contributed by atoms with Crippen LogP contribution in [0.15, 0.2) is 24.3 Å². The Labute approximate surface area is 115 Å². The van der Waals surface area contributed by atoms with Crippen molar-refractivity contribution in [3.63, 3.8) is 0 Å². The second kappa shape index (κ2) is 7.16. The van der Waals surface area contributed by atoms with Gasteiger partial charge in [-0.2, -0.15) is 0 Å². The third kappa shape index (κ3) is 4.87. The van der Waals surface area contributed by atoms with Gasteiger partial charge in [0.25, 0.3) is 0 Å². The van der Waals surface area contributed by atoms with Crippen LogP contribution in [0.5, 0.6) is 0 Å². The van der Waals surface area contributed by atoms with Gasteiger partial charge in [-0.05, 0) is 17.7 Å². The third-order valence-electron chi connectivity index (χ3n) is 2.41. The molecule has 0 aromatic heterocycles. The molecule has 0 radical (unpaired) electrons. The van der Waals surface area contributed by atoms with E-state index >= 15 is 0 Å². The van der Waals surface area contributed by atoms with Crippen molar-refractivity contribution in [3.05, 3.63) is 29.8 Å². The van der Waals surface area contributed by atoms with Crippen LogP contribution in [0.1, 0.15) is 12.0 Å². The second-order valence-electron chi connectivity index (χ2n) is 4.15. The average Bonchev–Trinajstić information content (AvgIpc) is 2.31. The highest BCUT2D eigenvalue weighted by Crippen LogP contribution is 2.11. The van der Waals surface area contributed by atoms with E-state index in [0.717, 1.165) is 11.3 Å². The number of alkyl halides is 1. The van der Waals surface area contributed by atoms with E-state index in [9.17, 15) is 9.59 Å². The molecule has 18 heavy (non-hydrogen) atoms. The first kappa shape index (κ1) is 14.7. The fourth-order valence-electron chi connectivity index (χ4n) is 1.35. The zero-order valence-electron chi connectivity index (χ0n) is 10.6. The Morgan fingerprint density at radius 3 is 2.33 bits per heavy atom. The highest BCUT2D eigenvalue weighted by Gasteiger charge is 2.06. The van der Waals surface area contributed by atoms with E-state index in [2.05, 4.69) is 21.2 Å². The molecule has 2 amide bonds. The fraction of sp³-hybridized carbons (Fsp3) is 0.385. The van der Waals surface area contributed by atoms with E-state index in [4.69, 9.17) is 0 Å². The molecule has 0 aliphatic carbocycles. The number of amides is 2. The number of benzene rings is 1. The minimum atomic E-state index is -0.0241. The monoisotopic (exact) mass is 312 g/mol. The number of rotatable bonds is 5. The van der Waals surface area contributed by atoms with Gasteiger partial charge in [0.1, 0.15) is 0 Å². The maximum atomic E-state index is 11.5. The van der Waals surface area contributed by atoms with E-state index in [0.29, 0.717) is 18.2 Å². The number of hydrogen-bond acceptors (Lipinski definition) is 2. The fourth-order valence-corrected chi connectivity index (χ4v) is 1.71. The molecule has 1 aromatic carbocycles. The molecule has 0 aliphatic rings. The maximum Gasteiger partial charge on any atom is 0.226 e.